The molecule has 1 fully saturated rings. The molecule has 3 aromatic rings. The molecule has 0 spiro atoms. The van der Waals surface area contributed by atoms with Gasteiger partial charge in [0.2, 0.25) is 0 Å². The van der Waals surface area contributed by atoms with E-state index < -0.39 is 6.10 Å². The van der Waals surface area contributed by atoms with E-state index in [-0.39, 0.29) is 11.8 Å². The Kier molecular flexibility index (Phi) is 4.87. The van der Waals surface area contributed by atoms with Crippen molar-refractivity contribution in [1.82, 2.24) is 4.98 Å². The van der Waals surface area contributed by atoms with Crippen LogP contribution in [0.1, 0.15) is 41.2 Å². The van der Waals surface area contributed by atoms with Crippen molar-refractivity contribution in [2.24, 2.45) is 0 Å². The zero-order valence-corrected chi connectivity index (χ0v) is 14.8. The molecule has 0 amide bonds. The van der Waals surface area contributed by atoms with E-state index in [4.69, 9.17) is 0 Å². The number of ketones is 1. The highest BCUT2D eigenvalue weighted by atomic mass is 16.3. The number of hydrogen-bond acceptors (Lipinski definition) is 2. The fourth-order valence-corrected chi connectivity index (χ4v) is 4.20. The summed E-state index contributed by atoms with van der Waals surface area (Å²) in [6, 6.07) is 17.5. The zero-order valence-electron chi connectivity index (χ0n) is 14.8. The Morgan fingerprint density at radius 2 is 1.65 bits per heavy atom. The molecule has 0 aliphatic carbocycles. The predicted octanol–water partition coefficient (Wildman–Crippen LogP) is 2.52. The molecule has 4 heteroatoms. The van der Waals surface area contributed by atoms with Gasteiger partial charge in [0.1, 0.15) is 6.04 Å². The van der Waals surface area contributed by atoms with Gasteiger partial charge in [0.25, 0.3) is 0 Å². The summed E-state index contributed by atoms with van der Waals surface area (Å²) in [6.07, 6.45) is 4.20. The summed E-state index contributed by atoms with van der Waals surface area (Å²) in [7, 11) is 0. The Morgan fingerprint density at radius 3 is 2.42 bits per heavy atom. The molecular weight excluding hydrogens is 324 g/mol. The highest BCUT2D eigenvalue weighted by molar-refractivity contribution is 6.10. The van der Waals surface area contributed by atoms with E-state index in [9.17, 15) is 9.90 Å². The summed E-state index contributed by atoms with van der Waals surface area (Å²) >= 11 is 0. The average Bonchev–Trinajstić information content (AvgIpc) is 3.13. The molecule has 1 aliphatic rings. The average molecular weight is 349 g/mol. The van der Waals surface area contributed by atoms with Gasteiger partial charge in [0.15, 0.2) is 11.9 Å². The molecule has 2 heterocycles. The second kappa shape index (κ2) is 7.44. The maximum absolute atomic E-state index is 13.2. The van der Waals surface area contributed by atoms with Gasteiger partial charge in [-0.1, -0.05) is 48.5 Å². The summed E-state index contributed by atoms with van der Waals surface area (Å²) in [5.74, 6) is -0.200. The molecule has 4 nitrogen and oxygen atoms in total. The number of para-hydroxylation sites is 1. The van der Waals surface area contributed by atoms with Crippen LogP contribution in [0.3, 0.4) is 0 Å². The lowest BCUT2D eigenvalue weighted by Crippen LogP contribution is -3.14. The van der Waals surface area contributed by atoms with Crippen molar-refractivity contribution in [2.45, 2.75) is 31.4 Å². The highest BCUT2D eigenvalue weighted by Crippen LogP contribution is 2.23. The molecule has 134 valence electrons. The van der Waals surface area contributed by atoms with Crippen LogP contribution >= 0.6 is 0 Å². The number of aromatic nitrogens is 1. The van der Waals surface area contributed by atoms with Gasteiger partial charge in [-0.05, 0) is 25.3 Å². The van der Waals surface area contributed by atoms with Crippen LogP contribution in [0.25, 0.3) is 10.9 Å². The van der Waals surface area contributed by atoms with Crippen LogP contribution in [0.4, 0.5) is 0 Å². The number of quaternary nitrogens is 1. The number of aliphatic hydroxyl groups excluding tert-OH is 1. The lowest BCUT2D eigenvalue weighted by atomic mass is 9.92. The highest BCUT2D eigenvalue weighted by Gasteiger charge is 2.37. The third-order valence-corrected chi connectivity index (χ3v) is 5.53. The summed E-state index contributed by atoms with van der Waals surface area (Å²) in [5.41, 5.74) is 2.53. The number of H-pyrrole nitrogens is 1. The summed E-state index contributed by atoms with van der Waals surface area (Å²) in [5, 5.41) is 12.0. The van der Waals surface area contributed by atoms with Crippen LogP contribution in [-0.2, 0) is 0 Å². The Morgan fingerprint density at radius 1 is 0.962 bits per heavy atom. The van der Waals surface area contributed by atoms with Crippen molar-refractivity contribution in [2.75, 3.05) is 13.1 Å². The second-order valence-electron chi connectivity index (χ2n) is 7.16. The standard InChI is InChI=1S/C22H24N2O2/c25-21(18-15-23-19-12-6-5-11-17(18)19)22(26)20(16-9-3-1-4-10-16)24-13-7-2-8-14-24/h1,3-6,9-12,15,20,22-23,26H,2,7-8,13-14H2/p+1/t20-,22+/m0/s1. The Bertz CT molecular complexity index is 881. The molecule has 1 saturated heterocycles. The maximum atomic E-state index is 13.2. The Labute approximate surface area is 153 Å². The van der Waals surface area contributed by atoms with Gasteiger partial charge in [-0.25, -0.2) is 0 Å². The molecule has 2 atom stereocenters. The quantitative estimate of drug-likeness (QED) is 0.620. The lowest BCUT2D eigenvalue weighted by molar-refractivity contribution is -0.938. The van der Waals surface area contributed by atoms with Crippen molar-refractivity contribution in [3.8, 4) is 0 Å². The van der Waals surface area contributed by atoms with E-state index in [0.717, 1.165) is 42.4 Å². The number of nitrogens with one attached hydrogen (secondary N) is 2. The number of carbonyl (C=O) groups is 1. The minimum absolute atomic E-state index is 0.200. The molecule has 0 bridgehead atoms. The molecule has 0 radical (unpaired) electrons. The minimum atomic E-state index is -1.05. The van der Waals surface area contributed by atoms with E-state index in [1.165, 1.54) is 11.3 Å². The summed E-state index contributed by atoms with van der Waals surface area (Å²) in [6.45, 7) is 2.00. The van der Waals surface area contributed by atoms with Crippen LogP contribution in [0.5, 0.6) is 0 Å². The number of fused-ring (bicyclic) bond motifs is 1. The van der Waals surface area contributed by atoms with Crippen molar-refractivity contribution < 1.29 is 14.8 Å². The molecule has 26 heavy (non-hydrogen) atoms. The molecule has 0 unspecified atom stereocenters. The summed E-state index contributed by atoms with van der Waals surface area (Å²) in [4.78, 5) is 17.6. The summed E-state index contributed by atoms with van der Waals surface area (Å²) < 4.78 is 0. The van der Waals surface area contributed by atoms with E-state index >= 15 is 0 Å². The molecule has 1 aromatic heterocycles. The third-order valence-electron chi connectivity index (χ3n) is 5.53. The van der Waals surface area contributed by atoms with Crippen molar-refractivity contribution in [3.63, 3.8) is 0 Å². The minimum Gasteiger partial charge on any atom is -0.379 e. The number of aliphatic hydroxyl groups is 1. The topological polar surface area (TPSA) is 57.5 Å². The van der Waals surface area contributed by atoms with Crippen LogP contribution in [0, 0.1) is 0 Å². The molecule has 2 aromatic carbocycles. The largest absolute Gasteiger partial charge is 0.379 e. The fraction of sp³-hybridized carbons (Fsp3) is 0.318. The van der Waals surface area contributed by atoms with Gasteiger partial charge >= 0.3 is 0 Å². The molecule has 4 rings (SSSR count). The van der Waals surface area contributed by atoms with E-state index in [1.54, 1.807) is 6.20 Å². The molecule has 1 aliphatic heterocycles. The van der Waals surface area contributed by atoms with Gasteiger partial charge in [-0.15, -0.1) is 0 Å². The van der Waals surface area contributed by atoms with Crippen LogP contribution in [0.15, 0.2) is 60.8 Å². The number of piperidine rings is 1. The van der Waals surface area contributed by atoms with E-state index in [2.05, 4.69) is 4.98 Å². The number of rotatable bonds is 5. The lowest BCUT2D eigenvalue weighted by Gasteiger charge is -2.34. The number of Topliss-reactive ketones (excluding diaryl/α,β-unsaturated/α-hetero) is 1. The zero-order chi connectivity index (χ0) is 17.9. The van der Waals surface area contributed by atoms with Gasteiger partial charge in [0, 0.05) is 28.2 Å². The first kappa shape index (κ1) is 17.0. The van der Waals surface area contributed by atoms with Crippen LogP contribution in [-0.4, -0.2) is 35.1 Å². The normalized spacial score (nSPS) is 17.9. The van der Waals surface area contributed by atoms with Crippen LogP contribution in [0.2, 0.25) is 0 Å². The maximum Gasteiger partial charge on any atom is 0.199 e. The van der Waals surface area contributed by atoms with Gasteiger partial charge < -0.3 is 15.0 Å². The molecule has 3 N–H and O–H groups in total. The first-order chi connectivity index (χ1) is 12.8. The Hall–Kier alpha value is -2.43. The number of aromatic amines is 1. The van der Waals surface area contributed by atoms with Crippen molar-refractivity contribution in [1.29, 1.82) is 0 Å². The fourth-order valence-electron chi connectivity index (χ4n) is 4.20. The first-order valence-corrected chi connectivity index (χ1v) is 9.43. The van der Waals surface area contributed by atoms with Crippen molar-refractivity contribution in [3.05, 3.63) is 71.9 Å². The molecule has 0 saturated carbocycles. The molecular formula is C22H25N2O2+. The monoisotopic (exact) mass is 349 g/mol. The number of benzene rings is 2. The van der Waals surface area contributed by atoms with E-state index in [1.807, 2.05) is 54.6 Å². The van der Waals surface area contributed by atoms with Crippen LogP contribution < -0.4 is 4.90 Å². The number of hydrogen-bond donors (Lipinski definition) is 3. The second-order valence-corrected chi connectivity index (χ2v) is 7.16. The Balaban J connectivity index is 1.69. The van der Waals surface area contributed by atoms with Crippen molar-refractivity contribution >= 4 is 16.7 Å². The van der Waals surface area contributed by atoms with Gasteiger partial charge in [0.05, 0.1) is 13.1 Å². The number of likely N-dealkylation sites (tertiary alicyclic amines) is 1. The first-order valence-electron chi connectivity index (χ1n) is 9.43. The predicted molar refractivity (Wildman–Crippen MR) is 102 cm³/mol. The smallest absolute Gasteiger partial charge is 0.199 e. The van der Waals surface area contributed by atoms with Gasteiger partial charge in [-0.3, -0.25) is 4.79 Å². The third kappa shape index (κ3) is 3.18. The van der Waals surface area contributed by atoms with E-state index in [0.29, 0.717) is 5.56 Å². The SMILES string of the molecule is O=C(c1c[nH]c2ccccc12)[C@H](O)[C@H](c1ccccc1)[NH+]1CCCCC1. The number of carbonyl (C=O) groups excluding carboxylic acids is 1. The van der Waals surface area contributed by atoms with Gasteiger partial charge in [-0.2, -0.15) is 0 Å².